The van der Waals surface area contributed by atoms with E-state index in [4.69, 9.17) is 20.4 Å². The molecular formula is C20H24N6O2S. The first-order chi connectivity index (χ1) is 14.1. The zero-order chi connectivity index (χ0) is 20.4. The van der Waals surface area contributed by atoms with Gasteiger partial charge in [-0.2, -0.15) is 0 Å². The number of fused-ring (bicyclic) bond motifs is 1. The van der Waals surface area contributed by atoms with E-state index in [-0.39, 0.29) is 5.91 Å². The summed E-state index contributed by atoms with van der Waals surface area (Å²) in [5, 5.41) is 2.97. The normalized spacial score (nSPS) is 14.3. The molecule has 8 nitrogen and oxygen atoms in total. The minimum atomic E-state index is 0.0370. The number of nitrogen functional groups attached to an aromatic ring is 1. The maximum Gasteiger partial charge on any atom is 0.220 e. The van der Waals surface area contributed by atoms with E-state index in [2.05, 4.69) is 15.2 Å². The van der Waals surface area contributed by atoms with Crippen LogP contribution in [0.1, 0.15) is 23.8 Å². The van der Waals surface area contributed by atoms with Crippen LogP contribution in [0.5, 0.6) is 0 Å². The van der Waals surface area contributed by atoms with E-state index in [1.807, 2.05) is 19.9 Å². The van der Waals surface area contributed by atoms with Crippen molar-refractivity contribution in [3.05, 3.63) is 28.8 Å². The molecule has 4 heterocycles. The minimum Gasteiger partial charge on any atom is -0.384 e. The first-order valence-electron chi connectivity index (χ1n) is 9.68. The number of anilines is 2. The van der Waals surface area contributed by atoms with Crippen LogP contribution >= 0.6 is 11.3 Å². The van der Waals surface area contributed by atoms with Gasteiger partial charge in [0.15, 0.2) is 11.6 Å². The number of nitrogens with zero attached hydrogens (tertiary/aromatic N) is 4. The third kappa shape index (κ3) is 4.01. The van der Waals surface area contributed by atoms with Crippen LogP contribution in [0, 0.1) is 6.92 Å². The van der Waals surface area contributed by atoms with Gasteiger partial charge in [-0.3, -0.25) is 4.79 Å². The number of carbonyl (C=O) groups excluding carboxylic acids is 1. The molecule has 0 bridgehead atoms. The summed E-state index contributed by atoms with van der Waals surface area (Å²) in [6, 6.07) is 3.64. The maximum absolute atomic E-state index is 11.7. The molecule has 9 heteroatoms. The highest BCUT2D eigenvalue weighted by Crippen LogP contribution is 2.37. The summed E-state index contributed by atoms with van der Waals surface area (Å²) in [5.41, 5.74) is 8.54. The first-order valence-corrected chi connectivity index (χ1v) is 10.5. The van der Waals surface area contributed by atoms with E-state index in [1.54, 1.807) is 23.6 Å². The lowest BCUT2D eigenvalue weighted by atomic mass is 10.2. The lowest BCUT2D eigenvalue weighted by molar-refractivity contribution is -0.120. The Labute approximate surface area is 173 Å². The van der Waals surface area contributed by atoms with E-state index < -0.39 is 0 Å². The summed E-state index contributed by atoms with van der Waals surface area (Å²) in [7, 11) is 0. The number of morpholine rings is 1. The summed E-state index contributed by atoms with van der Waals surface area (Å²) in [6.07, 6.45) is 2.17. The van der Waals surface area contributed by atoms with Gasteiger partial charge < -0.3 is 20.7 Å². The molecule has 1 fully saturated rings. The summed E-state index contributed by atoms with van der Waals surface area (Å²) in [4.78, 5) is 29.0. The Bertz CT molecular complexity index is 1030. The van der Waals surface area contributed by atoms with Crippen LogP contribution in [0.15, 0.2) is 18.3 Å². The molecule has 152 valence electrons. The highest BCUT2D eigenvalue weighted by Gasteiger charge is 2.22. The smallest absolute Gasteiger partial charge is 0.220 e. The van der Waals surface area contributed by atoms with Gasteiger partial charge in [0, 0.05) is 36.1 Å². The van der Waals surface area contributed by atoms with Crippen LogP contribution in [0.2, 0.25) is 0 Å². The Balaban J connectivity index is 1.82. The van der Waals surface area contributed by atoms with Gasteiger partial charge in [-0.05, 0) is 24.6 Å². The van der Waals surface area contributed by atoms with Crippen molar-refractivity contribution in [2.45, 2.75) is 26.8 Å². The Kier molecular flexibility index (Phi) is 5.59. The summed E-state index contributed by atoms with van der Waals surface area (Å²) in [5.74, 6) is 2.03. The number of hydrogen-bond acceptors (Lipinski definition) is 8. The molecule has 1 aliphatic heterocycles. The molecule has 1 aliphatic rings. The number of thiophene rings is 1. The molecular weight excluding hydrogens is 388 g/mol. The maximum atomic E-state index is 11.7. The zero-order valence-electron chi connectivity index (χ0n) is 16.6. The SMILES string of the molecule is CCC(=O)NCc1sc2c(N3CCOCC3)nc(-c3ccc(N)nc3)nc2c1C. The second kappa shape index (κ2) is 8.30. The van der Waals surface area contributed by atoms with Crippen molar-refractivity contribution in [1.29, 1.82) is 0 Å². The van der Waals surface area contributed by atoms with Crippen LogP contribution in [0.4, 0.5) is 11.6 Å². The third-order valence-electron chi connectivity index (χ3n) is 4.97. The fourth-order valence-electron chi connectivity index (χ4n) is 3.25. The van der Waals surface area contributed by atoms with Crippen LogP contribution in [-0.2, 0) is 16.1 Å². The average molecular weight is 413 g/mol. The monoisotopic (exact) mass is 412 g/mol. The quantitative estimate of drug-likeness (QED) is 0.663. The standard InChI is InChI=1S/C20H24N6O2S/c1-3-16(27)23-11-14-12(2)17-18(29-14)20(26-6-8-28-9-7-26)25-19(24-17)13-4-5-15(21)22-10-13/h4-5,10H,3,6-9,11H2,1-2H3,(H2,21,22)(H,23,27). The molecule has 0 spiro atoms. The molecule has 3 aromatic rings. The van der Waals surface area contributed by atoms with E-state index in [0.29, 0.717) is 37.8 Å². The molecule has 3 aromatic heterocycles. The predicted octanol–water partition coefficient (Wildman–Crippen LogP) is 2.51. The molecule has 1 saturated heterocycles. The third-order valence-corrected chi connectivity index (χ3v) is 6.25. The van der Waals surface area contributed by atoms with Crippen molar-refractivity contribution in [2.75, 3.05) is 36.9 Å². The average Bonchev–Trinajstić information content (AvgIpc) is 3.08. The Morgan fingerprint density at radius 1 is 1.31 bits per heavy atom. The van der Waals surface area contributed by atoms with Gasteiger partial charge in [0.2, 0.25) is 5.91 Å². The molecule has 0 saturated carbocycles. The number of rotatable bonds is 5. The first kappa shape index (κ1) is 19.5. The summed E-state index contributed by atoms with van der Waals surface area (Å²) in [6.45, 7) is 7.31. The van der Waals surface area contributed by atoms with Crippen molar-refractivity contribution in [2.24, 2.45) is 0 Å². The van der Waals surface area contributed by atoms with Crippen LogP contribution < -0.4 is 16.0 Å². The Hall–Kier alpha value is -2.78. The number of hydrogen-bond donors (Lipinski definition) is 2. The van der Waals surface area contributed by atoms with Gasteiger partial charge in [0.1, 0.15) is 5.82 Å². The van der Waals surface area contributed by atoms with Gasteiger partial charge in [0.25, 0.3) is 0 Å². The predicted molar refractivity (Wildman–Crippen MR) is 115 cm³/mol. The van der Waals surface area contributed by atoms with Crippen LogP contribution in [0.3, 0.4) is 0 Å². The molecule has 0 atom stereocenters. The van der Waals surface area contributed by atoms with E-state index in [0.717, 1.165) is 45.1 Å². The van der Waals surface area contributed by atoms with Crippen molar-refractivity contribution < 1.29 is 9.53 Å². The molecule has 3 N–H and O–H groups in total. The molecule has 4 rings (SSSR count). The second-order valence-corrected chi connectivity index (χ2v) is 8.01. The fourth-order valence-corrected chi connectivity index (χ4v) is 4.45. The Morgan fingerprint density at radius 3 is 2.79 bits per heavy atom. The molecule has 0 radical (unpaired) electrons. The van der Waals surface area contributed by atoms with Gasteiger partial charge in [-0.1, -0.05) is 6.92 Å². The van der Waals surface area contributed by atoms with Crippen LogP contribution in [-0.4, -0.2) is 47.2 Å². The number of aryl methyl sites for hydroxylation is 1. The lowest BCUT2D eigenvalue weighted by Gasteiger charge is -2.28. The summed E-state index contributed by atoms with van der Waals surface area (Å²) < 4.78 is 6.55. The number of amides is 1. The van der Waals surface area contributed by atoms with Gasteiger partial charge >= 0.3 is 0 Å². The molecule has 0 unspecified atom stereocenters. The van der Waals surface area contributed by atoms with Crippen molar-refractivity contribution in [3.63, 3.8) is 0 Å². The van der Waals surface area contributed by atoms with E-state index >= 15 is 0 Å². The minimum absolute atomic E-state index is 0.0370. The molecule has 0 aliphatic carbocycles. The number of nitrogens with two attached hydrogens (primary N) is 1. The van der Waals surface area contributed by atoms with Gasteiger partial charge in [-0.15, -0.1) is 11.3 Å². The van der Waals surface area contributed by atoms with Gasteiger partial charge in [-0.25, -0.2) is 15.0 Å². The van der Waals surface area contributed by atoms with Gasteiger partial charge in [0.05, 0.1) is 30.0 Å². The largest absolute Gasteiger partial charge is 0.384 e. The molecule has 29 heavy (non-hydrogen) atoms. The zero-order valence-corrected chi connectivity index (χ0v) is 17.4. The topological polar surface area (TPSA) is 106 Å². The van der Waals surface area contributed by atoms with E-state index in [9.17, 15) is 4.79 Å². The number of aromatic nitrogens is 3. The molecule has 1 amide bonds. The van der Waals surface area contributed by atoms with Crippen molar-refractivity contribution in [3.8, 4) is 11.4 Å². The highest BCUT2D eigenvalue weighted by atomic mass is 32.1. The number of carbonyl (C=O) groups is 1. The van der Waals surface area contributed by atoms with Crippen LogP contribution in [0.25, 0.3) is 21.6 Å². The second-order valence-electron chi connectivity index (χ2n) is 6.90. The lowest BCUT2D eigenvalue weighted by Crippen LogP contribution is -2.36. The van der Waals surface area contributed by atoms with E-state index in [1.165, 1.54) is 0 Å². The van der Waals surface area contributed by atoms with Crippen molar-refractivity contribution >= 4 is 39.1 Å². The summed E-state index contributed by atoms with van der Waals surface area (Å²) >= 11 is 1.65. The Morgan fingerprint density at radius 2 is 2.10 bits per heavy atom. The fraction of sp³-hybridized carbons (Fsp3) is 0.400. The van der Waals surface area contributed by atoms with Crippen molar-refractivity contribution in [1.82, 2.24) is 20.3 Å². The number of nitrogens with one attached hydrogen (secondary N) is 1. The highest BCUT2D eigenvalue weighted by molar-refractivity contribution is 7.19. The number of pyridine rings is 1. The molecule has 0 aromatic carbocycles. The number of ether oxygens (including phenoxy) is 1.